The van der Waals surface area contributed by atoms with E-state index < -0.39 is 0 Å². The standard InChI is InChI=1S/C8H14NOP/c1-7-3-4-9(11-2)5-8(7)6-10/h6,11H,3-5H2,1-2H3. The predicted molar refractivity (Wildman–Crippen MR) is 49.2 cm³/mol. The smallest absolute Gasteiger partial charge is 0.147 e. The Labute approximate surface area is 69.5 Å². The molecule has 1 aliphatic rings. The number of nitrogens with zero attached hydrogens (tertiary/aromatic N) is 1. The van der Waals surface area contributed by atoms with Crippen LogP contribution in [0.1, 0.15) is 13.3 Å². The Balaban J connectivity index is 2.65. The summed E-state index contributed by atoms with van der Waals surface area (Å²) < 4.78 is 2.32. The largest absolute Gasteiger partial charge is 0.298 e. The molecule has 0 N–H and O–H groups in total. The molecule has 0 bridgehead atoms. The Bertz CT molecular complexity index is 189. The lowest BCUT2D eigenvalue weighted by Gasteiger charge is -2.25. The first-order valence-corrected chi connectivity index (χ1v) is 5.28. The number of hydrogen-bond acceptors (Lipinski definition) is 2. The van der Waals surface area contributed by atoms with Gasteiger partial charge in [0.25, 0.3) is 0 Å². The molecule has 1 rings (SSSR count). The Hall–Kier alpha value is -0.200. The molecule has 1 aliphatic heterocycles. The molecule has 0 aromatic heterocycles. The summed E-state index contributed by atoms with van der Waals surface area (Å²) in [6.07, 6.45) is 2.07. The van der Waals surface area contributed by atoms with E-state index in [0.29, 0.717) is 0 Å². The summed E-state index contributed by atoms with van der Waals surface area (Å²) in [7, 11) is 0.826. The van der Waals surface area contributed by atoms with Crippen molar-refractivity contribution in [3.05, 3.63) is 11.1 Å². The van der Waals surface area contributed by atoms with Gasteiger partial charge in [0.1, 0.15) is 6.29 Å². The molecule has 0 radical (unpaired) electrons. The van der Waals surface area contributed by atoms with E-state index in [0.717, 1.165) is 40.1 Å². The highest BCUT2D eigenvalue weighted by atomic mass is 31.1. The molecule has 0 aromatic carbocycles. The molecule has 1 unspecified atom stereocenters. The average Bonchev–Trinajstić information content (AvgIpc) is 2.05. The topological polar surface area (TPSA) is 20.3 Å². The van der Waals surface area contributed by atoms with Crippen LogP contribution in [-0.2, 0) is 4.79 Å². The van der Waals surface area contributed by atoms with Gasteiger partial charge in [0.2, 0.25) is 0 Å². The first kappa shape index (κ1) is 8.89. The van der Waals surface area contributed by atoms with Crippen molar-refractivity contribution in [1.82, 2.24) is 4.67 Å². The fourth-order valence-corrected chi connectivity index (χ4v) is 1.88. The van der Waals surface area contributed by atoms with Crippen LogP contribution in [0.5, 0.6) is 0 Å². The monoisotopic (exact) mass is 171 g/mol. The van der Waals surface area contributed by atoms with Crippen molar-refractivity contribution in [2.75, 3.05) is 19.8 Å². The minimum absolute atomic E-state index is 0.826. The SMILES string of the molecule is CPN1CCC(C)=C(C=O)C1. The molecular formula is C8H14NOP. The third kappa shape index (κ3) is 2.11. The maximum Gasteiger partial charge on any atom is 0.147 e. The van der Waals surface area contributed by atoms with Gasteiger partial charge in [0.05, 0.1) is 0 Å². The van der Waals surface area contributed by atoms with E-state index in [1.165, 1.54) is 5.57 Å². The van der Waals surface area contributed by atoms with Gasteiger partial charge in [0, 0.05) is 18.7 Å². The summed E-state index contributed by atoms with van der Waals surface area (Å²) in [5, 5.41) is 0. The predicted octanol–water partition coefficient (Wildman–Crippen LogP) is 1.43. The lowest BCUT2D eigenvalue weighted by molar-refractivity contribution is -0.105. The van der Waals surface area contributed by atoms with Crippen LogP contribution >= 0.6 is 8.73 Å². The summed E-state index contributed by atoms with van der Waals surface area (Å²) in [4.78, 5) is 10.6. The molecule has 0 amide bonds. The third-order valence-corrected chi connectivity index (χ3v) is 3.14. The first-order chi connectivity index (χ1) is 5.27. The molecule has 0 fully saturated rings. The third-order valence-electron chi connectivity index (χ3n) is 2.12. The molecule has 2 nitrogen and oxygen atoms in total. The lowest BCUT2D eigenvalue weighted by atomic mass is 10.0. The highest BCUT2D eigenvalue weighted by Crippen LogP contribution is 2.23. The molecule has 3 heteroatoms. The van der Waals surface area contributed by atoms with Crippen LogP contribution in [0.25, 0.3) is 0 Å². The van der Waals surface area contributed by atoms with Crippen molar-refractivity contribution in [2.24, 2.45) is 0 Å². The number of carbonyl (C=O) groups is 1. The van der Waals surface area contributed by atoms with Gasteiger partial charge in [-0.2, -0.15) is 0 Å². The van der Waals surface area contributed by atoms with E-state index in [-0.39, 0.29) is 0 Å². The van der Waals surface area contributed by atoms with E-state index in [4.69, 9.17) is 0 Å². The van der Waals surface area contributed by atoms with E-state index in [2.05, 4.69) is 18.3 Å². The van der Waals surface area contributed by atoms with E-state index >= 15 is 0 Å². The summed E-state index contributed by atoms with van der Waals surface area (Å²) in [5.41, 5.74) is 2.26. The van der Waals surface area contributed by atoms with Crippen molar-refractivity contribution in [2.45, 2.75) is 13.3 Å². The van der Waals surface area contributed by atoms with Crippen molar-refractivity contribution in [3.63, 3.8) is 0 Å². The van der Waals surface area contributed by atoms with Crippen LogP contribution in [-0.4, -0.2) is 30.7 Å². The van der Waals surface area contributed by atoms with Gasteiger partial charge in [0.15, 0.2) is 0 Å². The second-order valence-electron chi connectivity index (χ2n) is 2.82. The zero-order valence-electron chi connectivity index (χ0n) is 7.05. The maximum atomic E-state index is 10.6. The molecule has 1 atom stereocenters. The summed E-state index contributed by atoms with van der Waals surface area (Å²) in [6.45, 7) is 6.20. The number of rotatable bonds is 2. The van der Waals surface area contributed by atoms with E-state index in [1.807, 2.05) is 0 Å². The Kier molecular flexibility index (Phi) is 3.22. The summed E-state index contributed by atoms with van der Waals surface area (Å²) in [5.74, 6) is 0. The van der Waals surface area contributed by atoms with Gasteiger partial charge in [-0.25, -0.2) is 0 Å². The fraction of sp³-hybridized carbons (Fsp3) is 0.625. The minimum atomic E-state index is 0.826. The zero-order chi connectivity index (χ0) is 8.27. The van der Waals surface area contributed by atoms with Gasteiger partial charge >= 0.3 is 0 Å². The normalized spacial score (nSPS) is 21.6. The van der Waals surface area contributed by atoms with Gasteiger partial charge in [-0.1, -0.05) is 14.3 Å². The fourth-order valence-electron chi connectivity index (χ4n) is 1.21. The molecule has 11 heavy (non-hydrogen) atoms. The van der Waals surface area contributed by atoms with Crippen molar-refractivity contribution >= 4 is 15.0 Å². The molecule has 0 aliphatic carbocycles. The Morgan fingerprint density at radius 2 is 2.36 bits per heavy atom. The van der Waals surface area contributed by atoms with E-state index in [1.54, 1.807) is 0 Å². The van der Waals surface area contributed by atoms with Crippen LogP contribution in [0, 0.1) is 0 Å². The minimum Gasteiger partial charge on any atom is -0.298 e. The molecule has 62 valence electrons. The molecule has 0 spiro atoms. The van der Waals surface area contributed by atoms with Crippen LogP contribution in [0.2, 0.25) is 0 Å². The second-order valence-corrected chi connectivity index (χ2v) is 3.90. The van der Waals surface area contributed by atoms with E-state index in [9.17, 15) is 4.79 Å². The Morgan fingerprint density at radius 1 is 1.64 bits per heavy atom. The van der Waals surface area contributed by atoms with Crippen molar-refractivity contribution in [1.29, 1.82) is 0 Å². The van der Waals surface area contributed by atoms with Crippen molar-refractivity contribution in [3.8, 4) is 0 Å². The highest BCUT2D eigenvalue weighted by Gasteiger charge is 2.13. The molecule has 0 saturated carbocycles. The first-order valence-electron chi connectivity index (χ1n) is 3.84. The number of hydrogen-bond donors (Lipinski definition) is 0. The lowest BCUT2D eigenvalue weighted by Crippen LogP contribution is -2.24. The van der Waals surface area contributed by atoms with Gasteiger partial charge in [-0.3, -0.25) is 9.46 Å². The number of carbonyl (C=O) groups excluding carboxylic acids is 1. The quantitative estimate of drug-likeness (QED) is 0.462. The van der Waals surface area contributed by atoms with Gasteiger partial charge in [-0.05, 0) is 20.0 Å². The van der Waals surface area contributed by atoms with Gasteiger partial charge < -0.3 is 0 Å². The highest BCUT2D eigenvalue weighted by molar-refractivity contribution is 7.34. The Morgan fingerprint density at radius 3 is 2.91 bits per heavy atom. The molecule has 0 saturated heterocycles. The van der Waals surface area contributed by atoms with Gasteiger partial charge in [-0.15, -0.1) is 0 Å². The summed E-state index contributed by atoms with van der Waals surface area (Å²) in [6, 6.07) is 0. The second kappa shape index (κ2) is 3.99. The summed E-state index contributed by atoms with van der Waals surface area (Å²) >= 11 is 0. The molecule has 0 aromatic rings. The van der Waals surface area contributed by atoms with Crippen LogP contribution < -0.4 is 0 Å². The average molecular weight is 171 g/mol. The van der Waals surface area contributed by atoms with Crippen LogP contribution in [0.4, 0.5) is 0 Å². The van der Waals surface area contributed by atoms with Crippen LogP contribution in [0.15, 0.2) is 11.1 Å². The van der Waals surface area contributed by atoms with Crippen LogP contribution in [0.3, 0.4) is 0 Å². The number of aldehydes is 1. The zero-order valence-corrected chi connectivity index (χ0v) is 8.05. The molecule has 1 heterocycles. The maximum absolute atomic E-state index is 10.6. The van der Waals surface area contributed by atoms with Crippen molar-refractivity contribution < 1.29 is 4.79 Å². The molecular weight excluding hydrogens is 157 g/mol.